The van der Waals surface area contributed by atoms with Gasteiger partial charge < -0.3 is 30.9 Å². The lowest BCUT2D eigenvalue weighted by Gasteiger charge is -2.26. The lowest BCUT2D eigenvalue weighted by molar-refractivity contribution is -0.137. The lowest BCUT2D eigenvalue weighted by atomic mass is 10.0. The molecule has 0 heterocycles. The first-order chi connectivity index (χ1) is 16.9. The molecule has 200 valence electrons. The summed E-state index contributed by atoms with van der Waals surface area (Å²) in [5.41, 5.74) is 0.590. The molecule has 1 rings (SSSR count). The average molecular weight is 506 g/mol. The zero-order chi connectivity index (χ0) is 27.4. The van der Waals surface area contributed by atoms with Gasteiger partial charge in [0.05, 0.1) is 13.2 Å². The Morgan fingerprint density at radius 2 is 1.69 bits per heavy atom. The van der Waals surface area contributed by atoms with E-state index in [9.17, 15) is 29.4 Å². The molecule has 10 heteroatoms. The van der Waals surface area contributed by atoms with E-state index in [0.717, 1.165) is 0 Å². The van der Waals surface area contributed by atoms with Gasteiger partial charge in [-0.15, -0.1) is 0 Å². The van der Waals surface area contributed by atoms with Gasteiger partial charge in [0.1, 0.15) is 17.8 Å². The van der Waals surface area contributed by atoms with E-state index in [1.807, 2.05) is 13.8 Å². The van der Waals surface area contributed by atoms with Gasteiger partial charge in [0.15, 0.2) is 0 Å². The number of hydrogen-bond donors (Lipinski definition) is 5. The molecule has 0 aliphatic rings. The Labute approximate surface area is 212 Å². The average Bonchev–Trinajstić information content (AvgIpc) is 2.80. The Morgan fingerprint density at radius 1 is 1.03 bits per heavy atom. The maximum Gasteiger partial charge on any atom is 0.330 e. The summed E-state index contributed by atoms with van der Waals surface area (Å²) in [5.74, 6) is -2.57. The van der Waals surface area contributed by atoms with Crippen LogP contribution in [0, 0.1) is 18.8 Å². The van der Waals surface area contributed by atoms with E-state index < -0.39 is 48.4 Å². The first kappa shape index (κ1) is 30.6. The highest BCUT2D eigenvalue weighted by molar-refractivity contribution is 5.99. The number of benzene rings is 1. The summed E-state index contributed by atoms with van der Waals surface area (Å²) in [6.45, 7) is 10.2. The van der Waals surface area contributed by atoms with Crippen molar-refractivity contribution >= 4 is 23.7 Å². The standard InChI is InChI=1S/C26H39N3O7/c1-7-36-22(32)12-11-18(13-15(2)3)27-25(34)20(14-30)28-26(35)23(16(4)5)29-24(33)19-9-8-10-21(31)17(19)6/h8-12,15-16,18,20,23,30-31H,7,13-14H2,1-6H3,(H,27,34)(H,28,35)(H,29,33)/t18-,20+,23+/m1/s1. The van der Waals surface area contributed by atoms with Crippen molar-refractivity contribution in [2.45, 2.75) is 66.1 Å². The molecular formula is C26H39N3O7. The maximum atomic E-state index is 13.0. The molecule has 0 saturated carbocycles. The molecule has 3 atom stereocenters. The zero-order valence-electron chi connectivity index (χ0n) is 21.8. The van der Waals surface area contributed by atoms with Gasteiger partial charge in [0.25, 0.3) is 5.91 Å². The zero-order valence-corrected chi connectivity index (χ0v) is 21.8. The topological polar surface area (TPSA) is 154 Å². The van der Waals surface area contributed by atoms with Gasteiger partial charge in [-0.05, 0) is 44.2 Å². The molecule has 0 spiro atoms. The monoisotopic (exact) mass is 505 g/mol. The number of esters is 1. The van der Waals surface area contributed by atoms with Crippen LogP contribution in [0.1, 0.15) is 57.0 Å². The third-order valence-electron chi connectivity index (χ3n) is 5.41. The van der Waals surface area contributed by atoms with Crippen molar-refractivity contribution in [2.24, 2.45) is 11.8 Å². The van der Waals surface area contributed by atoms with Crippen LogP contribution in [-0.4, -0.2) is 65.2 Å². The van der Waals surface area contributed by atoms with E-state index in [4.69, 9.17) is 4.74 Å². The Bertz CT molecular complexity index is 943. The summed E-state index contributed by atoms with van der Waals surface area (Å²) in [7, 11) is 0. The SMILES string of the molecule is CCOC(=O)C=C[C@H](CC(C)C)NC(=O)[C@H](CO)NC(=O)[C@@H](NC(=O)c1cccc(O)c1C)C(C)C. The molecule has 0 aliphatic heterocycles. The van der Waals surface area contributed by atoms with Gasteiger partial charge >= 0.3 is 5.97 Å². The number of carbonyl (C=O) groups excluding carboxylic acids is 4. The highest BCUT2D eigenvalue weighted by Crippen LogP contribution is 2.20. The van der Waals surface area contributed by atoms with E-state index in [2.05, 4.69) is 16.0 Å². The van der Waals surface area contributed by atoms with E-state index in [1.165, 1.54) is 30.4 Å². The van der Waals surface area contributed by atoms with Gasteiger partial charge in [-0.1, -0.05) is 39.8 Å². The van der Waals surface area contributed by atoms with Crippen LogP contribution in [0.2, 0.25) is 0 Å². The highest BCUT2D eigenvalue weighted by atomic mass is 16.5. The Hall–Kier alpha value is -3.40. The van der Waals surface area contributed by atoms with Crippen LogP contribution in [0.15, 0.2) is 30.4 Å². The molecule has 0 fully saturated rings. The number of rotatable bonds is 13. The number of aromatic hydroxyl groups is 1. The number of ether oxygens (including phenoxy) is 1. The van der Waals surface area contributed by atoms with Crippen molar-refractivity contribution in [1.82, 2.24) is 16.0 Å². The van der Waals surface area contributed by atoms with Crippen molar-refractivity contribution in [3.63, 3.8) is 0 Å². The minimum absolute atomic E-state index is 0.0434. The number of aliphatic hydroxyl groups excluding tert-OH is 1. The number of nitrogens with one attached hydrogen (secondary N) is 3. The molecule has 0 aliphatic carbocycles. The van der Waals surface area contributed by atoms with E-state index >= 15 is 0 Å². The number of amides is 3. The largest absolute Gasteiger partial charge is 0.508 e. The van der Waals surface area contributed by atoms with Crippen molar-refractivity contribution in [2.75, 3.05) is 13.2 Å². The summed E-state index contributed by atoms with van der Waals surface area (Å²) in [6, 6.07) is 1.71. The van der Waals surface area contributed by atoms with Crippen LogP contribution < -0.4 is 16.0 Å². The molecule has 0 aromatic heterocycles. The number of phenolic OH excluding ortho intramolecular Hbond substituents is 1. The van der Waals surface area contributed by atoms with Crippen LogP contribution in [0.4, 0.5) is 0 Å². The van der Waals surface area contributed by atoms with Crippen LogP contribution in [0.5, 0.6) is 5.75 Å². The molecule has 3 amide bonds. The van der Waals surface area contributed by atoms with E-state index in [0.29, 0.717) is 12.0 Å². The summed E-state index contributed by atoms with van der Waals surface area (Å²) >= 11 is 0. The molecule has 36 heavy (non-hydrogen) atoms. The van der Waals surface area contributed by atoms with Gasteiger partial charge in [-0.3, -0.25) is 14.4 Å². The Kier molecular flexibility index (Phi) is 12.7. The van der Waals surface area contributed by atoms with E-state index in [1.54, 1.807) is 27.7 Å². The van der Waals surface area contributed by atoms with Crippen molar-refractivity contribution in [3.05, 3.63) is 41.5 Å². The fraction of sp³-hybridized carbons (Fsp3) is 0.538. The molecule has 0 bridgehead atoms. The van der Waals surface area contributed by atoms with Crippen molar-refractivity contribution < 1.29 is 34.1 Å². The summed E-state index contributed by atoms with van der Waals surface area (Å²) in [4.78, 5) is 50.3. The maximum absolute atomic E-state index is 13.0. The van der Waals surface area contributed by atoms with Gasteiger partial charge in [0.2, 0.25) is 11.8 Å². The summed E-state index contributed by atoms with van der Waals surface area (Å²) in [5, 5.41) is 27.5. The van der Waals surface area contributed by atoms with E-state index in [-0.39, 0.29) is 29.8 Å². The predicted octanol–water partition coefficient (Wildman–Crippen LogP) is 1.58. The minimum atomic E-state index is -1.27. The normalized spacial score (nSPS) is 13.8. The summed E-state index contributed by atoms with van der Waals surface area (Å²) < 4.78 is 4.87. The molecule has 1 aromatic carbocycles. The predicted molar refractivity (Wildman–Crippen MR) is 135 cm³/mol. The fourth-order valence-electron chi connectivity index (χ4n) is 3.44. The second-order valence-electron chi connectivity index (χ2n) is 9.24. The molecule has 10 nitrogen and oxygen atoms in total. The molecule has 0 radical (unpaired) electrons. The number of aliphatic hydroxyl groups is 1. The van der Waals surface area contributed by atoms with Crippen LogP contribution in [0.25, 0.3) is 0 Å². The highest BCUT2D eigenvalue weighted by Gasteiger charge is 2.30. The Balaban J connectivity index is 2.94. The van der Waals surface area contributed by atoms with Crippen LogP contribution >= 0.6 is 0 Å². The smallest absolute Gasteiger partial charge is 0.330 e. The minimum Gasteiger partial charge on any atom is -0.508 e. The van der Waals surface area contributed by atoms with Gasteiger partial charge in [-0.2, -0.15) is 0 Å². The third kappa shape index (κ3) is 9.69. The Morgan fingerprint density at radius 3 is 2.25 bits per heavy atom. The van der Waals surface area contributed by atoms with Crippen LogP contribution in [-0.2, 0) is 19.1 Å². The van der Waals surface area contributed by atoms with Crippen molar-refractivity contribution in [3.8, 4) is 5.75 Å². The van der Waals surface area contributed by atoms with Gasteiger partial charge in [0, 0.05) is 23.2 Å². The quantitative estimate of drug-likeness (QED) is 0.201. The first-order valence-electron chi connectivity index (χ1n) is 12.1. The molecule has 5 N–H and O–H groups in total. The van der Waals surface area contributed by atoms with Crippen LogP contribution in [0.3, 0.4) is 0 Å². The number of carbonyl (C=O) groups is 4. The third-order valence-corrected chi connectivity index (χ3v) is 5.41. The lowest BCUT2D eigenvalue weighted by Crippen LogP contribution is -2.57. The molecular weight excluding hydrogens is 466 g/mol. The first-order valence-corrected chi connectivity index (χ1v) is 12.1. The van der Waals surface area contributed by atoms with Gasteiger partial charge in [-0.25, -0.2) is 4.79 Å². The van der Waals surface area contributed by atoms with Crippen molar-refractivity contribution in [1.29, 1.82) is 0 Å². The number of phenols is 1. The molecule has 0 saturated heterocycles. The summed E-state index contributed by atoms with van der Waals surface area (Å²) in [6.07, 6.45) is 3.26. The molecule has 0 unspecified atom stereocenters. The number of hydrogen-bond acceptors (Lipinski definition) is 7. The second kappa shape index (κ2) is 14.9. The fourth-order valence-corrected chi connectivity index (χ4v) is 3.44. The second-order valence-corrected chi connectivity index (χ2v) is 9.24. The molecule has 1 aromatic rings.